The molecular formula is C10H12ClNO4S. The van der Waals surface area contributed by atoms with Gasteiger partial charge in [0.15, 0.2) is 0 Å². The quantitative estimate of drug-likeness (QED) is 0.618. The molecule has 0 unspecified atom stereocenters. The van der Waals surface area contributed by atoms with Crippen LogP contribution in [0.25, 0.3) is 0 Å². The van der Waals surface area contributed by atoms with Crippen molar-refractivity contribution < 1.29 is 17.9 Å². The normalized spacial score (nSPS) is 15.9. The summed E-state index contributed by atoms with van der Waals surface area (Å²) in [5.41, 5.74) is 0.185. The standard InChI is InChI=1S/C10H12ClNO4S/c1-12-5-8(17(11,14)15)4-9(12)10(13)16-6-7-2-3-7/h4-5,7H,2-3,6H2,1H3. The van der Waals surface area contributed by atoms with Gasteiger partial charge in [-0.15, -0.1) is 0 Å². The number of hydrogen-bond acceptors (Lipinski definition) is 4. The van der Waals surface area contributed by atoms with Gasteiger partial charge in [0.05, 0.1) is 6.61 Å². The summed E-state index contributed by atoms with van der Waals surface area (Å²) in [5, 5.41) is 0. The largest absolute Gasteiger partial charge is 0.461 e. The van der Waals surface area contributed by atoms with Gasteiger partial charge in [-0.3, -0.25) is 0 Å². The maximum Gasteiger partial charge on any atom is 0.354 e. The van der Waals surface area contributed by atoms with Gasteiger partial charge in [0, 0.05) is 23.9 Å². The molecule has 94 valence electrons. The molecule has 17 heavy (non-hydrogen) atoms. The minimum absolute atomic E-state index is 0.0972. The Labute approximate surface area is 104 Å². The molecule has 5 nitrogen and oxygen atoms in total. The molecular weight excluding hydrogens is 266 g/mol. The van der Waals surface area contributed by atoms with Gasteiger partial charge in [0.1, 0.15) is 10.6 Å². The lowest BCUT2D eigenvalue weighted by molar-refractivity contribution is 0.0475. The fourth-order valence-corrected chi connectivity index (χ4v) is 2.21. The second-order valence-electron chi connectivity index (χ2n) is 4.15. The van der Waals surface area contributed by atoms with Crippen molar-refractivity contribution in [3.05, 3.63) is 18.0 Å². The summed E-state index contributed by atoms with van der Waals surface area (Å²) in [6, 6.07) is 1.22. The van der Waals surface area contributed by atoms with Crippen LogP contribution in [0.5, 0.6) is 0 Å². The SMILES string of the molecule is Cn1cc(S(=O)(=O)Cl)cc1C(=O)OCC1CC1. The number of ether oxygens (including phenoxy) is 1. The molecule has 0 saturated heterocycles. The number of halogens is 1. The van der Waals surface area contributed by atoms with E-state index in [1.165, 1.54) is 16.8 Å². The summed E-state index contributed by atoms with van der Waals surface area (Å²) < 4.78 is 28.6. The first-order chi connectivity index (χ1) is 7.88. The zero-order valence-electron chi connectivity index (χ0n) is 9.22. The van der Waals surface area contributed by atoms with Crippen molar-refractivity contribution >= 4 is 25.7 Å². The topological polar surface area (TPSA) is 65.4 Å². The third-order valence-corrected chi connectivity index (χ3v) is 3.94. The summed E-state index contributed by atoms with van der Waals surface area (Å²) >= 11 is 0. The fourth-order valence-electron chi connectivity index (χ4n) is 1.42. The van der Waals surface area contributed by atoms with Crippen molar-refractivity contribution in [2.45, 2.75) is 17.7 Å². The second-order valence-corrected chi connectivity index (χ2v) is 6.72. The molecule has 1 fully saturated rings. The maximum atomic E-state index is 11.7. The summed E-state index contributed by atoms with van der Waals surface area (Å²) in [4.78, 5) is 11.6. The van der Waals surface area contributed by atoms with Crippen molar-refractivity contribution in [2.75, 3.05) is 6.61 Å². The predicted molar refractivity (Wildman–Crippen MR) is 61.5 cm³/mol. The van der Waals surface area contributed by atoms with Gasteiger partial charge >= 0.3 is 5.97 Å². The Morgan fingerprint density at radius 1 is 1.59 bits per heavy atom. The van der Waals surface area contributed by atoms with Crippen molar-refractivity contribution in [1.29, 1.82) is 0 Å². The van der Waals surface area contributed by atoms with Crippen LogP contribution in [0.3, 0.4) is 0 Å². The molecule has 0 aliphatic heterocycles. The number of carbonyl (C=O) groups excluding carboxylic acids is 1. The first kappa shape index (κ1) is 12.4. The monoisotopic (exact) mass is 277 g/mol. The Balaban J connectivity index is 2.14. The first-order valence-electron chi connectivity index (χ1n) is 5.16. The van der Waals surface area contributed by atoms with E-state index in [1.807, 2.05) is 0 Å². The Morgan fingerprint density at radius 3 is 2.71 bits per heavy atom. The Bertz CT molecular complexity index is 545. The number of esters is 1. The van der Waals surface area contributed by atoms with E-state index in [9.17, 15) is 13.2 Å². The Kier molecular flexibility index (Phi) is 3.18. The van der Waals surface area contributed by atoms with Crippen LogP contribution in [0.4, 0.5) is 0 Å². The fraction of sp³-hybridized carbons (Fsp3) is 0.500. The lowest BCUT2D eigenvalue weighted by Gasteiger charge is -2.03. The highest BCUT2D eigenvalue weighted by molar-refractivity contribution is 8.13. The van der Waals surface area contributed by atoms with Gasteiger partial charge < -0.3 is 9.30 Å². The number of aryl methyl sites for hydroxylation is 1. The van der Waals surface area contributed by atoms with E-state index in [0.717, 1.165) is 12.8 Å². The van der Waals surface area contributed by atoms with Gasteiger partial charge in [-0.1, -0.05) is 0 Å². The van der Waals surface area contributed by atoms with Crippen LogP contribution in [-0.2, 0) is 20.8 Å². The molecule has 1 aromatic heterocycles. The van der Waals surface area contributed by atoms with E-state index in [4.69, 9.17) is 15.4 Å². The molecule has 1 aliphatic carbocycles. The molecule has 1 aromatic rings. The van der Waals surface area contributed by atoms with Crippen molar-refractivity contribution in [1.82, 2.24) is 4.57 Å². The molecule has 7 heteroatoms. The third kappa shape index (κ3) is 3.01. The molecule has 0 aromatic carbocycles. The number of carbonyl (C=O) groups is 1. The highest BCUT2D eigenvalue weighted by atomic mass is 35.7. The van der Waals surface area contributed by atoms with E-state index in [2.05, 4.69) is 0 Å². The van der Waals surface area contributed by atoms with Crippen LogP contribution in [0, 0.1) is 5.92 Å². The zero-order chi connectivity index (χ0) is 12.6. The Hall–Kier alpha value is -1.01. The van der Waals surface area contributed by atoms with Crippen LogP contribution in [-0.4, -0.2) is 25.6 Å². The highest BCUT2D eigenvalue weighted by Gasteiger charge is 2.25. The summed E-state index contributed by atoms with van der Waals surface area (Å²) in [5.74, 6) is -0.0542. The molecule has 0 N–H and O–H groups in total. The molecule has 2 rings (SSSR count). The Morgan fingerprint density at radius 2 is 2.24 bits per heavy atom. The van der Waals surface area contributed by atoms with Crippen molar-refractivity contribution in [3.8, 4) is 0 Å². The van der Waals surface area contributed by atoms with Gasteiger partial charge in [0.2, 0.25) is 0 Å². The highest BCUT2D eigenvalue weighted by Crippen LogP contribution is 2.29. The van der Waals surface area contributed by atoms with Crippen LogP contribution in [0.2, 0.25) is 0 Å². The maximum absolute atomic E-state index is 11.7. The predicted octanol–water partition coefficient (Wildman–Crippen LogP) is 1.52. The first-order valence-corrected chi connectivity index (χ1v) is 7.47. The van der Waals surface area contributed by atoms with E-state index in [0.29, 0.717) is 12.5 Å². The van der Waals surface area contributed by atoms with E-state index < -0.39 is 15.0 Å². The molecule has 1 heterocycles. The summed E-state index contributed by atoms with van der Waals surface area (Å²) in [6.07, 6.45) is 3.46. The number of aromatic nitrogens is 1. The minimum Gasteiger partial charge on any atom is -0.461 e. The molecule has 0 radical (unpaired) electrons. The number of hydrogen-bond donors (Lipinski definition) is 0. The molecule has 0 spiro atoms. The summed E-state index contributed by atoms with van der Waals surface area (Å²) in [7, 11) is 2.95. The molecule has 0 amide bonds. The average molecular weight is 278 g/mol. The van der Waals surface area contributed by atoms with Crippen LogP contribution < -0.4 is 0 Å². The third-order valence-electron chi connectivity index (χ3n) is 2.62. The van der Waals surface area contributed by atoms with Crippen molar-refractivity contribution in [3.63, 3.8) is 0 Å². The van der Waals surface area contributed by atoms with E-state index >= 15 is 0 Å². The van der Waals surface area contributed by atoms with E-state index in [1.54, 1.807) is 7.05 Å². The lowest BCUT2D eigenvalue weighted by Crippen LogP contribution is -2.11. The summed E-state index contributed by atoms with van der Waals surface area (Å²) in [6.45, 7) is 0.396. The smallest absolute Gasteiger partial charge is 0.354 e. The molecule has 1 aliphatic rings. The van der Waals surface area contributed by atoms with Crippen molar-refractivity contribution in [2.24, 2.45) is 13.0 Å². The zero-order valence-corrected chi connectivity index (χ0v) is 10.8. The molecule has 1 saturated carbocycles. The van der Waals surface area contributed by atoms with Crippen LogP contribution in [0.15, 0.2) is 17.2 Å². The second kappa shape index (κ2) is 4.34. The number of nitrogens with zero attached hydrogens (tertiary/aromatic N) is 1. The molecule has 0 bridgehead atoms. The number of rotatable bonds is 4. The lowest BCUT2D eigenvalue weighted by atomic mass is 10.4. The van der Waals surface area contributed by atoms with Gasteiger partial charge in [0.25, 0.3) is 9.05 Å². The minimum atomic E-state index is -3.81. The van der Waals surface area contributed by atoms with Gasteiger partial charge in [-0.05, 0) is 24.8 Å². The van der Waals surface area contributed by atoms with Gasteiger partial charge in [-0.25, -0.2) is 13.2 Å². The molecule has 0 atom stereocenters. The van der Waals surface area contributed by atoms with E-state index in [-0.39, 0.29) is 10.6 Å². The van der Waals surface area contributed by atoms with Gasteiger partial charge in [-0.2, -0.15) is 0 Å². The average Bonchev–Trinajstić information content (AvgIpc) is 2.95. The van der Waals surface area contributed by atoms with Crippen LogP contribution in [0.1, 0.15) is 23.3 Å². The van der Waals surface area contributed by atoms with Crippen LogP contribution >= 0.6 is 10.7 Å².